The SMILES string of the molecule is CCOC(=O)[C@H]1CCN(C(=O)[C@H](Nc2ccc3c(N)nccc3c2)c2ccc(F)c(OC)c2)[C@@H]1c1ccccc1S(=O)(=O)C1CC1. The number of rotatable bonds is 10. The molecule has 1 aromatic heterocycles. The minimum absolute atomic E-state index is 0.0438. The van der Waals surface area contributed by atoms with E-state index >= 15 is 0 Å². The summed E-state index contributed by atoms with van der Waals surface area (Å²) in [5, 5.41) is 4.35. The molecule has 4 aromatic rings. The summed E-state index contributed by atoms with van der Waals surface area (Å²) >= 11 is 0. The first-order valence-corrected chi connectivity index (χ1v) is 16.7. The number of fused-ring (bicyclic) bond motifs is 1. The number of hydrogen-bond acceptors (Lipinski definition) is 9. The van der Waals surface area contributed by atoms with Crippen LogP contribution in [0.25, 0.3) is 10.8 Å². The van der Waals surface area contributed by atoms with Gasteiger partial charge in [0.25, 0.3) is 0 Å². The van der Waals surface area contributed by atoms with Gasteiger partial charge in [-0.1, -0.05) is 24.3 Å². The highest BCUT2D eigenvalue weighted by Crippen LogP contribution is 2.45. The van der Waals surface area contributed by atoms with Crippen molar-refractivity contribution in [2.24, 2.45) is 5.92 Å². The van der Waals surface area contributed by atoms with Gasteiger partial charge in [0, 0.05) is 23.8 Å². The van der Waals surface area contributed by atoms with Crippen molar-refractivity contribution in [1.29, 1.82) is 0 Å². The Bertz CT molecular complexity index is 1920. The van der Waals surface area contributed by atoms with Gasteiger partial charge in [0.1, 0.15) is 11.9 Å². The zero-order chi connectivity index (χ0) is 32.6. The Morgan fingerprint density at radius 3 is 2.61 bits per heavy atom. The molecule has 2 heterocycles. The summed E-state index contributed by atoms with van der Waals surface area (Å²) in [6.07, 6.45) is 3.00. The third kappa shape index (κ3) is 5.84. The van der Waals surface area contributed by atoms with Gasteiger partial charge < -0.3 is 25.4 Å². The predicted molar refractivity (Wildman–Crippen MR) is 171 cm³/mol. The lowest BCUT2D eigenvalue weighted by atomic mass is 9.93. The quantitative estimate of drug-likeness (QED) is 0.222. The van der Waals surface area contributed by atoms with Gasteiger partial charge in [-0.05, 0) is 85.2 Å². The number of nitrogens with zero attached hydrogens (tertiary/aromatic N) is 2. The van der Waals surface area contributed by atoms with Crippen LogP contribution in [0.15, 0.2) is 77.8 Å². The largest absolute Gasteiger partial charge is 0.494 e. The number of esters is 1. The van der Waals surface area contributed by atoms with Gasteiger partial charge in [-0.2, -0.15) is 0 Å². The molecule has 10 nitrogen and oxygen atoms in total. The van der Waals surface area contributed by atoms with Gasteiger partial charge in [0.15, 0.2) is 21.4 Å². The van der Waals surface area contributed by atoms with Crippen LogP contribution >= 0.6 is 0 Å². The van der Waals surface area contributed by atoms with E-state index in [1.165, 1.54) is 25.3 Å². The number of hydrogen-bond donors (Lipinski definition) is 2. The number of anilines is 2. The first-order valence-electron chi connectivity index (χ1n) is 15.2. The Morgan fingerprint density at radius 2 is 1.87 bits per heavy atom. The van der Waals surface area contributed by atoms with Crippen LogP contribution in [-0.4, -0.2) is 55.7 Å². The molecule has 240 valence electrons. The Hall–Kier alpha value is -4.71. The second kappa shape index (κ2) is 12.6. The second-order valence-corrected chi connectivity index (χ2v) is 13.7. The van der Waals surface area contributed by atoms with Crippen molar-refractivity contribution in [2.45, 2.75) is 48.4 Å². The molecule has 3 aromatic carbocycles. The van der Waals surface area contributed by atoms with Crippen molar-refractivity contribution in [1.82, 2.24) is 9.88 Å². The summed E-state index contributed by atoms with van der Waals surface area (Å²) in [5.41, 5.74) is 7.42. The maximum absolute atomic E-state index is 14.8. The van der Waals surface area contributed by atoms with Crippen LogP contribution in [0.5, 0.6) is 5.75 Å². The standard InChI is InChI=1S/C34H35FN4O6S/c1-3-45-34(41)26-15-17-39(31(26)25-6-4-5-7-29(25)46(42,43)23-10-11-23)33(40)30(21-8-13-27(35)28(19-21)44-2)38-22-9-12-24-20(18-22)14-16-37-32(24)36/h4-9,12-14,16,18-19,23,26,30-31,38H,3,10-11,15,17H2,1-2H3,(H2,36,37)/t26-,30+,31+/m0/s1. The van der Waals surface area contributed by atoms with E-state index in [1.807, 2.05) is 6.07 Å². The van der Waals surface area contributed by atoms with Crippen LogP contribution in [0.1, 0.15) is 49.4 Å². The minimum atomic E-state index is -3.68. The molecular formula is C34H35FN4O6S. The van der Waals surface area contributed by atoms with Crippen molar-refractivity contribution >= 4 is 44.0 Å². The molecule has 1 saturated carbocycles. The number of amides is 1. The molecular weight excluding hydrogens is 611 g/mol. The van der Waals surface area contributed by atoms with Crippen molar-refractivity contribution in [3.63, 3.8) is 0 Å². The van der Waals surface area contributed by atoms with E-state index in [0.29, 0.717) is 35.5 Å². The number of sulfone groups is 1. The fourth-order valence-corrected chi connectivity index (χ4v) is 8.13. The van der Waals surface area contributed by atoms with E-state index in [1.54, 1.807) is 60.5 Å². The first kappa shape index (κ1) is 31.3. The predicted octanol–water partition coefficient (Wildman–Crippen LogP) is 5.21. The Kier molecular flexibility index (Phi) is 8.56. The van der Waals surface area contributed by atoms with Crippen molar-refractivity contribution < 1.29 is 31.9 Å². The molecule has 0 bridgehead atoms. The maximum Gasteiger partial charge on any atom is 0.311 e. The zero-order valence-corrected chi connectivity index (χ0v) is 26.3. The van der Waals surface area contributed by atoms with Gasteiger partial charge in [0.2, 0.25) is 5.91 Å². The molecule has 6 rings (SSSR count). The monoisotopic (exact) mass is 646 g/mol. The highest BCUT2D eigenvalue weighted by molar-refractivity contribution is 7.92. The molecule has 0 spiro atoms. The number of aromatic nitrogens is 1. The van der Waals surface area contributed by atoms with Crippen LogP contribution in [0.3, 0.4) is 0 Å². The molecule has 1 aliphatic carbocycles. The number of carbonyl (C=O) groups excluding carboxylic acids is 2. The number of pyridine rings is 1. The topological polar surface area (TPSA) is 141 Å². The van der Waals surface area contributed by atoms with E-state index < -0.39 is 50.8 Å². The van der Waals surface area contributed by atoms with Crippen molar-refractivity contribution in [3.05, 3.63) is 89.9 Å². The first-order chi connectivity index (χ1) is 22.1. The summed E-state index contributed by atoms with van der Waals surface area (Å²) in [4.78, 5) is 33.9. The molecule has 1 aliphatic heterocycles. The molecule has 2 aliphatic rings. The lowest BCUT2D eigenvalue weighted by molar-refractivity contribution is -0.149. The number of methoxy groups -OCH3 is 1. The number of halogens is 1. The summed E-state index contributed by atoms with van der Waals surface area (Å²) in [7, 11) is -2.34. The van der Waals surface area contributed by atoms with E-state index in [2.05, 4.69) is 10.3 Å². The van der Waals surface area contributed by atoms with E-state index in [4.69, 9.17) is 15.2 Å². The number of likely N-dealkylation sites (tertiary alicyclic amines) is 1. The van der Waals surface area contributed by atoms with Gasteiger partial charge in [-0.15, -0.1) is 0 Å². The Balaban J connectivity index is 1.45. The molecule has 0 radical (unpaired) electrons. The molecule has 0 unspecified atom stereocenters. The fourth-order valence-electron chi connectivity index (χ4n) is 6.23. The number of nitrogen functional groups attached to an aromatic ring is 1. The molecule has 3 N–H and O–H groups in total. The number of ether oxygens (including phenoxy) is 2. The number of carbonyl (C=O) groups is 2. The molecule has 2 fully saturated rings. The summed E-state index contributed by atoms with van der Waals surface area (Å²) in [6, 6.07) is 15.9. The highest BCUT2D eigenvalue weighted by Gasteiger charge is 2.48. The zero-order valence-electron chi connectivity index (χ0n) is 25.5. The van der Waals surface area contributed by atoms with Gasteiger partial charge >= 0.3 is 5.97 Å². The summed E-state index contributed by atoms with van der Waals surface area (Å²) in [5.74, 6) is -2.00. The third-order valence-electron chi connectivity index (χ3n) is 8.64. The van der Waals surface area contributed by atoms with Crippen molar-refractivity contribution in [3.8, 4) is 5.75 Å². The normalized spacial score (nSPS) is 18.7. The average molecular weight is 647 g/mol. The van der Waals surface area contributed by atoms with Crippen molar-refractivity contribution in [2.75, 3.05) is 31.3 Å². The molecule has 12 heteroatoms. The minimum Gasteiger partial charge on any atom is -0.494 e. The van der Waals surface area contributed by atoms with Gasteiger partial charge in [0.05, 0.1) is 35.8 Å². The van der Waals surface area contributed by atoms with Crippen LogP contribution in [0.2, 0.25) is 0 Å². The molecule has 46 heavy (non-hydrogen) atoms. The second-order valence-electron chi connectivity index (χ2n) is 11.5. The third-order valence-corrected chi connectivity index (χ3v) is 11.0. The van der Waals surface area contributed by atoms with Crippen LogP contribution < -0.4 is 15.8 Å². The Labute approximate surface area is 266 Å². The lowest BCUT2D eigenvalue weighted by Gasteiger charge is -2.33. The van der Waals surface area contributed by atoms with Crippen LogP contribution in [0.4, 0.5) is 15.9 Å². The summed E-state index contributed by atoms with van der Waals surface area (Å²) in [6.45, 7) is 2.01. The van der Waals surface area contributed by atoms with Crippen LogP contribution in [-0.2, 0) is 24.2 Å². The fraction of sp³-hybridized carbons (Fsp3) is 0.324. The van der Waals surface area contributed by atoms with E-state index in [9.17, 15) is 22.4 Å². The maximum atomic E-state index is 14.8. The number of benzene rings is 3. The van der Waals surface area contributed by atoms with E-state index in [-0.39, 0.29) is 30.2 Å². The average Bonchev–Trinajstić information content (AvgIpc) is 3.83. The Morgan fingerprint density at radius 1 is 1.09 bits per heavy atom. The lowest BCUT2D eigenvalue weighted by Crippen LogP contribution is -2.40. The van der Waals surface area contributed by atoms with Gasteiger partial charge in [-0.3, -0.25) is 9.59 Å². The summed E-state index contributed by atoms with van der Waals surface area (Å²) < 4.78 is 52.3. The molecule has 3 atom stereocenters. The van der Waals surface area contributed by atoms with Gasteiger partial charge in [-0.25, -0.2) is 17.8 Å². The number of nitrogens with two attached hydrogens (primary N) is 1. The highest BCUT2D eigenvalue weighted by atomic mass is 32.2. The van der Waals surface area contributed by atoms with Crippen LogP contribution in [0, 0.1) is 11.7 Å². The smallest absolute Gasteiger partial charge is 0.311 e. The molecule has 1 amide bonds. The van der Waals surface area contributed by atoms with E-state index in [0.717, 1.165) is 10.8 Å². The number of nitrogens with one attached hydrogen (secondary N) is 1. The molecule has 1 saturated heterocycles.